The molecular formula is C22H19F3N6O3. The normalized spacial score (nSPS) is 11.6. The Balaban J connectivity index is 1.72. The van der Waals surface area contributed by atoms with Gasteiger partial charge in [0.15, 0.2) is 11.5 Å². The number of methoxy groups -OCH3 is 1. The number of aryl methyl sites for hydroxylation is 1. The van der Waals surface area contributed by atoms with Crippen LogP contribution in [0.2, 0.25) is 0 Å². The van der Waals surface area contributed by atoms with Crippen molar-refractivity contribution in [1.29, 1.82) is 0 Å². The number of aromatic nitrogens is 4. The number of hydrogen-bond donors (Lipinski definition) is 2. The molecule has 3 N–H and O–H groups in total. The first-order valence-corrected chi connectivity index (χ1v) is 10.0. The fourth-order valence-electron chi connectivity index (χ4n) is 3.34. The molecule has 0 aliphatic rings. The van der Waals surface area contributed by atoms with E-state index in [1.54, 1.807) is 19.2 Å². The molecule has 0 saturated carbocycles. The Bertz CT molecular complexity index is 1370. The van der Waals surface area contributed by atoms with E-state index in [-0.39, 0.29) is 41.7 Å². The van der Waals surface area contributed by atoms with E-state index in [0.29, 0.717) is 22.3 Å². The highest BCUT2D eigenvalue weighted by Gasteiger charge is 2.33. The number of oxazole rings is 1. The molecule has 176 valence electrons. The number of rotatable bonds is 6. The van der Waals surface area contributed by atoms with Gasteiger partial charge in [-0.2, -0.15) is 13.2 Å². The molecule has 0 fully saturated rings. The van der Waals surface area contributed by atoms with Gasteiger partial charge in [0.1, 0.15) is 17.0 Å². The molecule has 0 radical (unpaired) electrons. The van der Waals surface area contributed by atoms with Crippen molar-refractivity contribution < 1.29 is 27.1 Å². The summed E-state index contributed by atoms with van der Waals surface area (Å²) in [5, 5.41) is 3.00. The van der Waals surface area contributed by atoms with Gasteiger partial charge in [-0.05, 0) is 31.2 Å². The minimum atomic E-state index is -4.63. The summed E-state index contributed by atoms with van der Waals surface area (Å²) in [5.74, 6) is -0.272. The first-order valence-electron chi connectivity index (χ1n) is 10.0. The van der Waals surface area contributed by atoms with Gasteiger partial charge in [0.2, 0.25) is 5.89 Å². The topological polar surface area (TPSA) is 129 Å². The summed E-state index contributed by atoms with van der Waals surface area (Å²) in [7, 11) is 1.33. The van der Waals surface area contributed by atoms with Gasteiger partial charge in [0.25, 0.3) is 5.91 Å². The zero-order valence-electron chi connectivity index (χ0n) is 18.1. The predicted molar refractivity (Wildman–Crippen MR) is 115 cm³/mol. The summed E-state index contributed by atoms with van der Waals surface area (Å²) in [6.07, 6.45) is -1.57. The van der Waals surface area contributed by atoms with Crippen molar-refractivity contribution in [3.05, 3.63) is 65.2 Å². The molecule has 34 heavy (non-hydrogen) atoms. The fourth-order valence-corrected chi connectivity index (χ4v) is 3.34. The first-order chi connectivity index (χ1) is 16.2. The monoisotopic (exact) mass is 472 g/mol. The minimum Gasteiger partial charge on any atom is -0.494 e. The number of alkyl halides is 3. The summed E-state index contributed by atoms with van der Waals surface area (Å²) in [4.78, 5) is 29.1. The second-order valence-corrected chi connectivity index (χ2v) is 7.17. The molecule has 9 nitrogen and oxygen atoms in total. The molecule has 0 unspecified atom stereocenters. The number of nitrogens with zero attached hydrogens (tertiary/aromatic N) is 4. The molecule has 0 bridgehead atoms. The van der Waals surface area contributed by atoms with Crippen LogP contribution in [0.15, 0.2) is 41.1 Å². The van der Waals surface area contributed by atoms with E-state index >= 15 is 0 Å². The maximum atomic E-state index is 13.2. The number of ether oxygens (including phenoxy) is 1. The standard InChI is InChI=1S/C22H19F3N6O3/c1-11-14(28-8-7-27-11)10-29-20(32)19-16(9-26)34-21(31-19)13-3-5-15(33-2)18-12(13)4-6-17(30-18)22(23,24)25/h3-8H,9-10,26H2,1-2H3,(H,29,32). The third kappa shape index (κ3) is 4.39. The van der Waals surface area contributed by atoms with Crippen LogP contribution in [0.25, 0.3) is 22.4 Å². The second-order valence-electron chi connectivity index (χ2n) is 7.17. The molecule has 0 spiro atoms. The van der Waals surface area contributed by atoms with E-state index in [0.717, 1.165) is 6.07 Å². The fraction of sp³-hybridized carbons (Fsp3) is 0.227. The Morgan fingerprint density at radius 2 is 1.91 bits per heavy atom. The molecule has 4 rings (SSSR count). The number of nitrogens with two attached hydrogens (primary N) is 1. The van der Waals surface area contributed by atoms with Crippen LogP contribution in [0.1, 0.15) is 33.3 Å². The van der Waals surface area contributed by atoms with Crippen molar-refractivity contribution in [2.75, 3.05) is 7.11 Å². The molecule has 0 atom stereocenters. The largest absolute Gasteiger partial charge is 0.494 e. The Labute approximate surface area is 191 Å². The third-order valence-corrected chi connectivity index (χ3v) is 5.06. The van der Waals surface area contributed by atoms with E-state index in [1.165, 1.54) is 25.4 Å². The number of hydrogen-bond acceptors (Lipinski definition) is 8. The quantitative estimate of drug-likeness (QED) is 0.437. The van der Waals surface area contributed by atoms with Gasteiger partial charge >= 0.3 is 6.18 Å². The van der Waals surface area contributed by atoms with Crippen LogP contribution in [0.4, 0.5) is 13.2 Å². The lowest BCUT2D eigenvalue weighted by Gasteiger charge is -2.11. The summed E-state index contributed by atoms with van der Waals surface area (Å²) in [6, 6.07) is 5.13. The Kier molecular flexibility index (Phi) is 6.16. The molecule has 1 aromatic carbocycles. The van der Waals surface area contributed by atoms with E-state index in [2.05, 4.69) is 25.3 Å². The SMILES string of the molecule is COc1ccc(-c2nc(C(=O)NCc3nccnc3C)c(CN)o2)c2ccc(C(F)(F)F)nc12. The number of fused-ring (bicyclic) bond motifs is 1. The zero-order chi connectivity index (χ0) is 24.5. The highest BCUT2D eigenvalue weighted by atomic mass is 19.4. The number of nitrogens with one attached hydrogen (secondary N) is 1. The number of halogens is 3. The molecule has 3 heterocycles. The van der Waals surface area contributed by atoms with Crippen molar-refractivity contribution in [2.45, 2.75) is 26.2 Å². The van der Waals surface area contributed by atoms with Gasteiger partial charge in [0.05, 0.1) is 31.6 Å². The van der Waals surface area contributed by atoms with Gasteiger partial charge in [-0.15, -0.1) is 0 Å². The van der Waals surface area contributed by atoms with E-state index in [1.807, 2.05) is 0 Å². The van der Waals surface area contributed by atoms with Crippen molar-refractivity contribution >= 4 is 16.8 Å². The zero-order valence-corrected chi connectivity index (χ0v) is 18.1. The summed E-state index contributed by atoms with van der Waals surface area (Å²) < 4.78 is 50.4. The Hall–Kier alpha value is -4.06. The van der Waals surface area contributed by atoms with E-state index in [9.17, 15) is 18.0 Å². The van der Waals surface area contributed by atoms with Crippen LogP contribution in [0.5, 0.6) is 5.75 Å². The molecule has 1 amide bonds. The minimum absolute atomic E-state index is 0.00972. The van der Waals surface area contributed by atoms with Gasteiger partial charge < -0.3 is 20.2 Å². The summed E-state index contributed by atoms with van der Waals surface area (Å²) in [5.41, 5.74) is 6.20. The van der Waals surface area contributed by atoms with Crippen LogP contribution in [-0.2, 0) is 19.3 Å². The van der Waals surface area contributed by atoms with Crippen molar-refractivity contribution in [1.82, 2.24) is 25.3 Å². The van der Waals surface area contributed by atoms with Crippen LogP contribution >= 0.6 is 0 Å². The van der Waals surface area contributed by atoms with Gasteiger partial charge in [-0.25, -0.2) is 9.97 Å². The average Bonchev–Trinajstić information content (AvgIpc) is 3.26. The predicted octanol–water partition coefficient (Wildman–Crippen LogP) is 3.40. The number of pyridine rings is 1. The van der Waals surface area contributed by atoms with Gasteiger partial charge in [-0.3, -0.25) is 14.8 Å². The van der Waals surface area contributed by atoms with E-state index < -0.39 is 17.8 Å². The molecule has 0 aliphatic heterocycles. The van der Waals surface area contributed by atoms with Crippen molar-refractivity contribution in [3.63, 3.8) is 0 Å². The van der Waals surface area contributed by atoms with E-state index in [4.69, 9.17) is 14.9 Å². The number of carbonyl (C=O) groups excluding carboxylic acids is 1. The Morgan fingerprint density at radius 3 is 2.59 bits per heavy atom. The molecule has 4 aromatic rings. The molecule has 0 saturated heterocycles. The third-order valence-electron chi connectivity index (χ3n) is 5.06. The van der Waals surface area contributed by atoms with Crippen molar-refractivity contribution in [3.8, 4) is 17.2 Å². The average molecular weight is 472 g/mol. The summed E-state index contributed by atoms with van der Waals surface area (Å²) in [6.45, 7) is 1.76. The lowest BCUT2D eigenvalue weighted by molar-refractivity contribution is -0.140. The Morgan fingerprint density at radius 1 is 1.15 bits per heavy atom. The lowest BCUT2D eigenvalue weighted by atomic mass is 10.1. The first kappa shape index (κ1) is 23.1. The van der Waals surface area contributed by atoms with Crippen LogP contribution in [-0.4, -0.2) is 33.0 Å². The van der Waals surface area contributed by atoms with Crippen LogP contribution in [0, 0.1) is 6.92 Å². The van der Waals surface area contributed by atoms with Crippen LogP contribution in [0.3, 0.4) is 0 Å². The number of benzene rings is 1. The van der Waals surface area contributed by atoms with Gasteiger partial charge in [-0.1, -0.05) is 0 Å². The molecular weight excluding hydrogens is 453 g/mol. The molecule has 3 aromatic heterocycles. The maximum absolute atomic E-state index is 13.2. The smallest absolute Gasteiger partial charge is 0.433 e. The maximum Gasteiger partial charge on any atom is 0.433 e. The summed E-state index contributed by atoms with van der Waals surface area (Å²) >= 11 is 0. The lowest BCUT2D eigenvalue weighted by Crippen LogP contribution is -2.25. The van der Waals surface area contributed by atoms with Gasteiger partial charge in [0, 0.05) is 23.3 Å². The molecule has 0 aliphatic carbocycles. The highest BCUT2D eigenvalue weighted by molar-refractivity contribution is 5.98. The number of amides is 1. The highest BCUT2D eigenvalue weighted by Crippen LogP contribution is 2.36. The van der Waals surface area contributed by atoms with Crippen molar-refractivity contribution in [2.24, 2.45) is 5.73 Å². The second kappa shape index (κ2) is 9.06. The molecule has 12 heteroatoms. The number of carbonyl (C=O) groups is 1. The van der Waals surface area contributed by atoms with Crippen LogP contribution < -0.4 is 15.8 Å².